The predicted molar refractivity (Wildman–Crippen MR) is 51.7 cm³/mol. The number of carbonyl (C=O) groups is 1. The van der Waals surface area contributed by atoms with Crippen LogP contribution in [0.3, 0.4) is 0 Å². The van der Waals surface area contributed by atoms with Gasteiger partial charge >= 0.3 is 5.97 Å². The molecule has 0 aliphatic rings. The van der Waals surface area contributed by atoms with Crippen LogP contribution in [-0.4, -0.2) is 26.7 Å². The zero-order valence-corrected chi connectivity index (χ0v) is 9.09. The van der Waals surface area contributed by atoms with Crippen LogP contribution in [0.15, 0.2) is 0 Å². The van der Waals surface area contributed by atoms with Gasteiger partial charge in [0.15, 0.2) is 0 Å². The van der Waals surface area contributed by atoms with E-state index in [1.54, 1.807) is 0 Å². The molecule has 0 amide bonds. The molecule has 0 bridgehead atoms. The van der Waals surface area contributed by atoms with E-state index in [1.807, 2.05) is 0 Å². The molecular formula is C6H8Cl4O2. The first-order valence-electron chi connectivity index (χ1n) is 3.21. The Labute approximate surface area is 90.7 Å². The Hall–Kier alpha value is 0.630. The molecule has 1 atom stereocenters. The minimum absolute atomic E-state index is 0.0896. The maximum absolute atomic E-state index is 10.4. The van der Waals surface area contributed by atoms with Gasteiger partial charge in [-0.3, -0.25) is 0 Å². The molecule has 0 heterocycles. The zero-order valence-electron chi connectivity index (χ0n) is 6.07. The molecule has 0 spiro atoms. The van der Waals surface area contributed by atoms with Crippen LogP contribution in [0.5, 0.6) is 0 Å². The Morgan fingerprint density at radius 3 is 2.33 bits per heavy atom. The van der Waals surface area contributed by atoms with E-state index in [4.69, 9.17) is 51.5 Å². The second kappa shape index (κ2) is 5.38. The SMILES string of the molecule is O=C(O)C(Cl)(Cl)CCC(Cl)CCl. The first-order chi connectivity index (χ1) is 5.40. The standard InChI is InChI=1S/C6H8Cl4O2/c7-3-4(8)1-2-6(9,10)5(11)12/h4H,1-3H2,(H,11,12). The van der Waals surface area contributed by atoms with Crippen LogP contribution in [0.1, 0.15) is 12.8 Å². The number of hydrogen-bond acceptors (Lipinski definition) is 1. The lowest BCUT2D eigenvalue weighted by Crippen LogP contribution is -2.26. The summed E-state index contributed by atoms with van der Waals surface area (Å²) in [6.07, 6.45) is 0.469. The van der Waals surface area contributed by atoms with E-state index < -0.39 is 10.3 Å². The molecule has 0 aromatic heterocycles. The lowest BCUT2D eigenvalue weighted by molar-refractivity contribution is -0.137. The fraction of sp³-hybridized carbons (Fsp3) is 0.833. The minimum atomic E-state index is -1.75. The van der Waals surface area contributed by atoms with Gasteiger partial charge in [0.05, 0.1) is 0 Å². The van der Waals surface area contributed by atoms with Crippen molar-refractivity contribution < 1.29 is 9.90 Å². The molecule has 6 heteroatoms. The number of halogens is 4. The highest BCUT2D eigenvalue weighted by Crippen LogP contribution is 2.28. The molecule has 2 nitrogen and oxygen atoms in total. The van der Waals surface area contributed by atoms with E-state index in [0.717, 1.165) is 0 Å². The molecule has 0 saturated heterocycles. The third-order valence-corrected chi connectivity index (χ3v) is 2.86. The number of carboxylic acid groups (broad SMARTS) is 1. The summed E-state index contributed by atoms with van der Waals surface area (Å²) in [6.45, 7) is 0. The van der Waals surface area contributed by atoms with Crippen molar-refractivity contribution in [1.82, 2.24) is 0 Å². The maximum atomic E-state index is 10.4. The Morgan fingerprint density at radius 1 is 1.50 bits per heavy atom. The average molecular weight is 254 g/mol. The Balaban J connectivity index is 3.83. The van der Waals surface area contributed by atoms with E-state index in [9.17, 15) is 4.79 Å². The summed E-state index contributed by atoms with van der Waals surface area (Å²) in [5.74, 6) is -1.00. The highest BCUT2D eigenvalue weighted by Gasteiger charge is 2.33. The third kappa shape index (κ3) is 4.61. The van der Waals surface area contributed by atoms with Gasteiger partial charge in [0.1, 0.15) is 0 Å². The van der Waals surface area contributed by atoms with Crippen molar-refractivity contribution in [3.8, 4) is 0 Å². The maximum Gasteiger partial charge on any atom is 0.340 e. The summed E-state index contributed by atoms with van der Waals surface area (Å²) in [6, 6.07) is 0. The van der Waals surface area contributed by atoms with Crippen LogP contribution < -0.4 is 0 Å². The van der Waals surface area contributed by atoms with Crippen LogP contribution in [-0.2, 0) is 4.79 Å². The quantitative estimate of drug-likeness (QED) is 0.766. The summed E-state index contributed by atoms with van der Waals surface area (Å²) in [5.41, 5.74) is 0. The van der Waals surface area contributed by atoms with Crippen molar-refractivity contribution in [2.75, 3.05) is 5.88 Å². The summed E-state index contributed by atoms with van der Waals surface area (Å²) < 4.78 is -1.75. The van der Waals surface area contributed by atoms with Crippen molar-refractivity contribution in [2.24, 2.45) is 0 Å². The summed E-state index contributed by atoms with van der Waals surface area (Å²) >= 11 is 21.9. The molecule has 1 N–H and O–H groups in total. The van der Waals surface area contributed by atoms with Crippen molar-refractivity contribution in [3.05, 3.63) is 0 Å². The number of carboxylic acids is 1. The number of rotatable bonds is 5. The highest BCUT2D eigenvalue weighted by molar-refractivity contribution is 6.57. The monoisotopic (exact) mass is 252 g/mol. The fourth-order valence-corrected chi connectivity index (χ4v) is 1.00. The molecule has 0 aromatic rings. The van der Waals surface area contributed by atoms with Gasteiger partial charge in [0, 0.05) is 11.3 Å². The van der Waals surface area contributed by atoms with Gasteiger partial charge in [0.2, 0.25) is 4.33 Å². The molecule has 0 aliphatic heterocycles. The normalized spacial score (nSPS) is 14.3. The molecule has 0 saturated carbocycles. The lowest BCUT2D eigenvalue weighted by atomic mass is 10.2. The Bertz CT molecular complexity index is 160. The second-order valence-electron chi connectivity index (χ2n) is 2.30. The minimum Gasteiger partial charge on any atom is -0.479 e. The predicted octanol–water partition coefficient (Wildman–Crippen LogP) is 2.87. The number of hydrogen-bond donors (Lipinski definition) is 1. The molecular weight excluding hydrogens is 246 g/mol. The molecule has 0 aliphatic carbocycles. The molecule has 72 valence electrons. The first-order valence-corrected chi connectivity index (χ1v) is 4.94. The summed E-state index contributed by atoms with van der Waals surface area (Å²) in [4.78, 5) is 10.4. The van der Waals surface area contributed by atoms with E-state index in [2.05, 4.69) is 0 Å². The van der Waals surface area contributed by atoms with E-state index >= 15 is 0 Å². The molecule has 1 unspecified atom stereocenters. The lowest BCUT2D eigenvalue weighted by Gasteiger charge is -2.14. The van der Waals surface area contributed by atoms with Crippen molar-refractivity contribution in [1.29, 1.82) is 0 Å². The van der Waals surface area contributed by atoms with Gasteiger partial charge in [0.25, 0.3) is 0 Å². The fourth-order valence-electron chi connectivity index (χ4n) is 0.522. The van der Waals surface area contributed by atoms with Crippen molar-refractivity contribution in [3.63, 3.8) is 0 Å². The molecule has 0 rings (SSSR count). The van der Waals surface area contributed by atoms with E-state index in [1.165, 1.54) is 0 Å². The van der Waals surface area contributed by atoms with Gasteiger partial charge in [-0.15, -0.1) is 23.2 Å². The van der Waals surface area contributed by atoms with Gasteiger partial charge < -0.3 is 5.11 Å². The molecule has 0 radical (unpaired) electrons. The highest BCUT2D eigenvalue weighted by atomic mass is 35.5. The Kier molecular flexibility index (Phi) is 5.66. The van der Waals surface area contributed by atoms with Crippen LogP contribution in [0.4, 0.5) is 0 Å². The average Bonchev–Trinajstić information content (AvgIpc) is 2.00. The van der Waals surface area contributed by atoms with Crippen molar-refractivity contribution >= 4 is 52.4 Å². The summed E-state index contributed by atoms with van der Waals surface area (Å²) in [7, 11) is 0. The van der Waals surface area contributed by atoms with E-state index in [0.29, 0.717) is 6.42 Å². The third-order valence-electron chi connectivity index (χ3n) is 1.25. The first kappa shape index (κ1) is 12.6. The second-order valence-corrected chi connectivity index (χ2v) is 4.71. The van der Waals surface area contributed by atoms with Gasteiger partial charge in [-0.1, -0.05) is 23.2 Å². The number of aliphatic carboxylic acids is 1. The molecule has 0 aromatic carbocycles. The molecule has 0 fully saturated rings. The molecule has 12 heavy (non-hydrogen) atoms. The van der Waals surface area contributed by atoms with Crippen molar-refractivity contribution in [2.45, 2.75) is 22.6 Å². The van der Waals surface area contributed by atoms with E-state index in [-0.39, 0.29) is 17.7 Å². The Morgan fingerprint density at radius 2 is 2.00 bits per heavy atom. The topological polar surface area (TPSA) is 37.3 Å². The van der Waals surface area contributed by atoms with Crippen LogP contribution >= 0.6 is 46.4 Å². The van der Waals surface area contributed by atoms with Gasteiger partial charge in [-0.2, -0.15) is 0 Å². The largest absolute Gasteiger partial charge is 0.479 e. The van der Waals surface area contributed by atoms with Crippen LogP contribution in [0, 0.1) is 0 Å². The van der Waals surface area contributed by atoms with Gasteiger partial charge in [-0.25, -0.2) is 4.79 Å². The van der Waals surface area contributed by atoms with Crippen LogP contribution in [0.25, 0.3) is 0 Å². The van der Waals surface area contributed by atoms with Crippen LogP contribution in [0.2, 0.25) is 0 Å². The number of alkyl halides is 4. The summed E-state index contributed by atoms with van der Waals surface area (Å²) in [5, 5.41) is 8.20. The van der Waals surface area contributed by atoms with Gasteiger partial charge in [-0.05, 0) is 12.8 Å². The zero-order chi connectivity index (χ0) is 9.78. The smallest absolute Gasteiger partial charge is 0.340 e.